The van der Waals surface area contributed by atoms with Gasteiger partial charge >= 0.3 is 0 Å². The molecule has 2 N–H and O–H groups in total. The molecular formula is C27H20BrClN2O3. The number of aliphatic hydroxyl groups excluding tert-OH is 1. The van der Waals surface area contributed by atoms with Crippen LogP contribution >= 0.6 is 27.5 Å². The maximum Gasteiger partial charge on any atom is 0.295 e. The molecule has 3 aromatic carbocycles. The number of halogens is 2. The molecule has 0 radical (unpaired) electrons. The molecule has 5 rings (SSSR count). The maximum atomic E-state index is 13.2. The van der Waals surface area contributed by atoms with Crippen molar-refractivity contribution in [1.29, 1.82) is 0 Å². The number of amides is 1. The average molecular weight is 536 g/mol. The summed E-state index contributed by atoms with van der Waals surface area (Å²) in [5.41, 5.74) is 3.15. The predicted molar refractivity (Wildman–Crippen MR) is 137 cm³/mol. The van der Waals surface area contributed by atoms with E-state index in [1.807, 2.05) is 30.5 Å². The van der Waals surface area contributed by atoms with Crippen LogP contribution in [0.15, 0.2) is 89.0 Å². The van der Waals surface area contributed by atoms with Crippen LogP contribution in [0.4, 0.5) is 0 Å². The topological polar surface area (TPSA) is 73.4 Å². The molecule has 0 spiro atoms. The molecule has 5 nitrogen and oxygen atoms in total. The zero-order valence-electron chi connectivity index (χ0n) is 18.0. The van der Waals surface area contributed by atoms with E-state index in [0.29, 0.717) is 29.1 Å². The number of fused-ring (bicyclic) bond motifs is 1. The first-order valence-electron chi connectivity index (χ1n) is 10.8. The Balaban J connectivity index is 1.58. The third-order valence-corrected chi connectivity index (χ3v) is 7.03. The predicted octanol–water partition coefficient (Wildman–Crippen LogP) is 6.25. The first-order chi connectivity index (χ1) is 16.5. The first kappa shape index (κ1) is 22.4. The number of hydrogen-bond acceptors (Lipinski definition) is 3. The minimum Gasteiger partial charge on any atom is -0.507 e. The van der Waals surface area contributed by atoms with Crippen molar-refractivity contribution < 1.29 is 14.7 Å². The highest BCUT2D eigenvalue weighted by atomic mass is 79.9. The van der Waals surface area contributed by atoms with Crippen LogP contribution in [0.2, 0.25) is 5.02 Å². The number of aliphatic hydroxyl groups is 1. The van der Waals surface area contributed by atoms with E-state index in [2.05, 4.69) is 20.9 Å². The van der Waals surface area contributed by atoms with Gasteiger partial charge in [-0.25, -0.2) is 0 Å². The fourth-order valence-electron chi connectivity index (χ4n) is 4.47. The highest BCUT2D eigenvalue weighted by Crippen LogP contribution is 2.42. The summed E-state index contributed by atoms with van der Waals surface area (Å²) in [6, 6.07) is 21.2. The Morgan fingerprint density at radius 2 is 1.71 bits per heavy atom. The third-order valence-electron chi connectivity index (χ3n) is 6.15. The lowest BCUT2D eigenvalue weighted by atomic mass is 9.95. The molecular weight excluding hydrogens is 516 g/mol. The number of carbonyl (C=O) groups is 2. The third kappa shape index (κ3) is 3.93. The molecule has 2 heterocycles. The Hall–Kier alpha value is -3.35. The molecule has 170 valence electrons. The van der Waals surface area contributed by atoms with E-state index in [0.717, 1.165) is 20.9 Å². The molecule has 34 heavy (non-hydrogen) atoms. The molecule has 1 fully saturated rings. The van der Waals surface area contributed by atoms with Crippen molar-refractivity contribution in [2.75, 3.05) is 6.54 Å². The second-order valence-corrected chi connectivity index (χ2v) is 9.45. The number of aromatic amines is 1. The van der Waals surface area contributed by atoms with E-state index in [9.17, 15) is 14.7 Å². The number of para-hydroxylation sites is 1. The Labute approximate surface area is 209 Å². The highest BCUT2D eigenvalue weighted by molar-refractivity contribution is 9.10. The minimum atomic E-state index is -0.789. The van der Waals surface area contributed by atoms with Crippen molar-refractivity contribution in [1.82, 2.24) is 9.88 Å². The van der Waals surface area contributed by atoms with Crippen molar-refractivity contribution in [2.24, 2.45) is 0 Å². The van der Waals surface area contributed by atoms with Gasteiger partial charge in [-0.1, -0.05) is 76.1 Å². The molecule has 0 saturated carbocycles. The first-order valence-corrected chi connectivity index (χ1v) is 12.0. The molecule has 1 amide bonds. The van der Waals surface area contributed by atoms with Gasteiger partial charge in [-0.15, -0.1) is 0 Å². The lowest BCUT2D eigenvalue weighted by Gasteiger charge is -2.26. The number of hydrogen-bond donors (Lipinski definition) is 2. The van der Waals surface area contributed by atoms with Crippen LogP contribution in [0, 0.1) is 0 Å². The monoisotopic (exact) mass is 534 g/mol. The van der Waals surface area contributed by atoms with E-state index < -0.39 is 17.7 Å². The lowest BCUT2D eigenvalue weighted by molar-refractivity contribution is -0.139. The molecule has 0 aliphatic carbocycles. The molecule has 0 unspecified atom stereocenters. The number of nitrogens with one attached hydrogen (secondary N) is 1. The van der Waals surface area contributed by atoms with Crippen molar-refractivity contribution in [2.45, 2.75) is 12.5 Å². The van der Waals surface area contributed by atoms with Gasteiger partial charge in [0.05, 0.1) is 11.6 Å². The SMILES string of the molecule is O=C1C(=O)N(CCc2c[nH]c3ccccc23)[C@H](c2ccccc2Cl)C1=C(O)c1ccc(Br)cc1. The molecule has 4 aromatic rings. The van der Waals surface area contributed by atoms with E-state index in [1.165, 1.54) is 4.90 Å². The fourth-order valence-corrected chi connectivity index (χ4v) is 4.98. The molecule has 1 aliphatic heterocycles. The zero-order chi connectivity index (χ0) is 23.8. The normalized spacial score (nSPS) is 17.6. The zero-order valence-corrected chi connectivity index (χ0v) is 20.3. The van der Waals surface area contributed by atoms with Gasteiger partial charge in [-0.2, -0.15) is 0 Å². The van der Waals surface area contributed by atoms with E-state index in [1.54, 1.807) is 48.5 Å². The summed E-state index contributed by atoms with van der Waals surface area (Å²) in [6.07, 6.45) is 2.46. The van der Waals surface area contributed by atoms with Gasteiger partial charge in [0.25, 0.3) is 11.7 Å². The van der Waals surface area contributed by atoms with Gasteiger partial charge in [0.2, 0.25) is 0 Å². The summed E-state index contributed by atoms with van der Waals surface area (Å²) in [5.74, 6) is -1.59. The van der Waals surface area contributed by atoms with Crippen LogP contribution in [0.5, 0.6) is 0 Å². The van der Waals surface area contributed by atoms with E-state index in [4.69, 9.17) is 11.6 Å². The summed E-state index contributed by atoms with van der Waals surface area (Å²) in [4.78, 5) is 31.1. The summed E-state index contributed by atoms with van der Waals surface area (Å²) < 4.78 is 0.839. The Morgan fingerprint density at radius 1 is 1.00 bits per heavy atom. The van der Waals surface area contributed by atoms with E-state index >= 15 is 0 Å². The minimum absolute atomic E-state index is 0.0411. The largest absolute Gasteiger partial charge is 0.507 e. The standard InChI is InChI=1S/C27H20BrClN2O3/c28-18-11-9-16(10-12-18)25(32)23-24(20-6-1-3-7-21(20)29)31(27(34)26(23)33)14-13-17-15-30-22-8-4-2-5-19(17)22/h1-12,15,24,30,32H,13-14H2/t24-/m1/s1. The number of benzene rings is 3. The quantitative estimate of drug-likeness (QED) is 0.180. The number of rotatable bonds is 5. The number of nitrogens with zero attached hydrogens (tertiary/aromatic N) is 1. The van der Waals surface area contributed by atoms with Crippen molar-refractivity contribution in [3.05, 3.63) is 111 Å². The maximum absolute atomic E-state index is 13.2. The van der Waals surface area contributed by atoms with Gasteiger partial charge in [-0.05, 0) is 41.8 Å². The number of likely N-dealkylation sites (tertiary alicyclic amines) is 1. The van der Waals surface area contributed by atoms with Crippen LogP contribution in [-0.2, 0) is 16.0 Å². The van der Waals surface area contributed by atoms with Crippen LogP contribution in [-0.4, -0.2) is 33.2 Å². The lowest BCUT2D eigenvalue weighted by Crippen LogP contribution is -2.31. The van der Waals surface area contributed by atoms with Crippen LogP contribution in [0.3, 0.4) is 0 Å². The van der Waals surface area contributed by atoms with Crippen molar-refractivity contribution in [3.63, 3.8) is 0 Å². The molecule has 0 bridgehead atoms. The van der Waals surface area contributed by atoms with Gasteiger partial charge in [-0.3, -0.25) is 9.59 Å². The Morgan fingerprint density at radius 3 is 2.47 bits per heavy atom. The molecule has 1 aliphatic rings. The van der Waals surface area contributed by atoms with Crippen LogP contribution in [0.25, 0.3) is 16.7 Å². The molecule has 1 atom stereocenters. The molecule has 7 heteroatoms. The highest BCUT2D eigenvalue weighted by Gasteiger charge is 2.46. The second-order valence-electron chi connectivity index (χ2n) is 8.13. The number of aromatic nitrogens is 1. The summed E-state index contributed by atoms with van der Waals surface area (Å²) in [6.45, 7) is 0.291. The van der Waals surface area contributed by atoms with Crippen LogP contribution in [0.1, 0.15) is 22.7 Å². The van der Waals surface area contributed by atoms with Crippen molar-refractivity contribution >= 4 is 55.9 Å². The summed E-state index contributed by atoms with van der Waals surface area (Å²) in [7, 11) is 0. The number of Topliss-reactive ketones (excluding diaryl/α,β-unsaturated/α-hetero) is 1. The Kier molecular flexibility index (Phi) is 6.02. The smallest absolute Gasteiger partial charge is 0.295 e. The molecule has 1 aromatic heterocycles. The van der Waals surface area contributed by atoms with Crippen LogP contribution < -0.4 is 0 Å². The number of carbonyl (C=O) groups excluding carboxylic acids is 2. The van der Waals surface area contributed by atoms with Gasteiger partial charge in [0.1, 0.15) is 5.76 Å². The summed E-state index contributed by atoms with van der Waals surface area (Å²) in [5, 5.41) is 12.6. The molecule has 1 saturated heterocycles. The van der Waals surface area contributed by atoms with Crippen molar-refractivity contribution in [3.8, 4) is 0 Å². The second kappa shape index (κ2) is 9.12. The average Bonchev–Trinajstić information content (AvgIpc) is 3.37. The number of H-pyrrole nitrogens is 1. The summed E-state index contributed by atoms with van der Waals surface area (Å²) >= 11 is 9.89. The number of ketones is 1. The van der Waals surface area contributed by atoms with Gasteiger partial charge < -0.3 is 15.0 Å². The van der Waals surface area contributed by atoms with E-state index in [-0.39, 0.29) is 11.3 Å². The fraction of sp³-hybridized carbons (Fsp3) is 0.111. The Bertz CT molecular complexity index is 1440. The van der Waals surface area contributed by atoms with Gasteiger partial charge in [0.15, 0.2) is 0 Å². The van der Waals surface area contributed by atoms with Gasteiger partial charge in [0, 0.05) is 38.7 Å².